The number of aromatic nitrogens is 1. The molecular weight excluding hydrogens is 384 g/mol. The number of hydrogen-bond acceptors (Lipinski definition) is 3. The van der Waals surface area contributed by atoms with Gasteiger partial charge in [0, 0.05) is 18.1 Å². The van der Waals surface area contributed by atoms with Crippen LogP contribution in [0.4, 0.5) is 5.69 Å². The number of rotatable bonds is 2. The van der Waals surface area contributed by atoms with E-state index in [9.17, 15) is 9.59 Å². The van der Waals surface area contributed by atoms with Gasteiger partial charge >= 0.3 is 11.9 Å². The third-order valence-corrected chi connectivity index (χ3v) is 3.99. The Morgan fingerprint density at radius 2 is 2.09 bits per heavy atom. The molecule has 1 aliphatic rings. The van der Waals surface area contributed by atoms with E-state index < -0.39 is 12.0 Å². The van der Waals surface area contributed by atoms with E-state index in [4.69, 9.17) is 16.3 Å². The van der Waals surface area contributed by atoms with Crippen molar-refractivity contribution in [3.05, 3.63) is 58.9 Å². The van der Waals surface area contributed by atoms with E-state index >= 15 is 0 Å². The van der Waals surface area contributed by atoms with Gasteiger partial charge in [-0.1, -0.05) is 11.6 Å². The summed E-state index contributed by atoms with van der Waals surface area (Å²) in [6.45, 7) is 0. The molecule has 0 spiro atoms. The van der Waals surface area contributed by atoms with Crippen LogP contribution < -0.4 is 26.4 Å². The average molecular weight is 398 g/mol. The fourth-order valence-corrected chi connectivity index (χ4v) is 2.85. The second-order valence-corrected chi connectivity index (χ2v) is 5.47. The maximum Gasteiger partial charge on any atom is 0.343 e. The number of methoxy groups -OCH3 is 1. The first-order valence-electron chi connectivity index (χ1n) is 6.69. The molecule has 0 fully saturated rings. The Hall–Kier alpha value is -1.92. The van der Waals surface area contributed by atoms with Crippen LogP contribution in [0.1, 0.15) is 22.0 Å². The van der Waals surface area contributed by atoms with Crippen molar-refractivity contribution in [2.45, 2.75) is 6.04 Å². The Bertz CT molecular complexity index is 782. The fourth-order valence-electron chi connectivity index (χ4n) is 2.67. The first-order valence-corrected chi connectivity index (χ1v) is 7.07. The number of halogens is 2. The first-order chi connectivity index (χ1) is 10.5. The quantitative estimate of drug-likeness (QED) is 0.482. The highest BCUT2D eigenvalue weighted by Gasteiger charge is 2.42. The number of hydrogen-bond donors (Lipinski definition) is 0. The van der Waals surface area contributed by atoms with Gasteiger partial charge in [-0.05, 0) is 24.3 Å². The minimum absolute atomic E-state index is 0. The number of esters is 1. The zero-order chi connectivity index (χ0) is 15.9. The van der Waals surface area contributed by atoms with Crippen molar-refractivity contribution in [1.29, 1.82) is 0 Å². The number of amides is 1. The number of pyridine rings is 1. The van der Waals surface area contributed by atoms with Crippen molar-refractivity contribution in [3.8, 4) is 0 Å². The molecule has 0 saturated heterocycles. The molecular formula is C16H14BrClN2O3. The lowest BCUT2D eigenvalue weighted by Gasteiger charge is -2.08. The molecule has 0 N–H and O–H groups in total. The number of likely N-dealkylation sites (N-methyl/N-ethyl adjacent to an activating group) is 1. The van der Waals surface area contributed by atoms with Crippen molar-refractivity contribution in [2.75, 3.05) is 19.1 Å². The summed E-state index contributed by atoms with van der Waals surface area (Å²) < 4.78 is 6.42. The first kappa shape index (κ1) is 17.4. The van der Waals surface area contributed by atoms with Crippen LogP contribution in [-0.4, -0.2) is 26.0 Å². The van der Waals surface area contributed by atoms with E-state index in [1.165, 1.54) is 7.11 Å². The lowest BCUT2D eigenvalue weighted by Crippen LogP contribution is -3.00. The van der Waals surface area contributed by atoms with Gasteiger partial charge in [0.25, 0.3) is 6.04 Å². The maximum absolute atomic E-state index is 12.6. The molecule has 2 heterocycles. The number of benzene rings is 1. The Morgan fingerprint density at radius 1 is 1.35 bits per heavy atom. The van der Waals surface area contributed by atoms with E-state index in [0.29, 0.717) is 10.6 Å². The second kappa shape index (κ2) is 6.68. The van der Waals surface area contributed by atoms with Gasteiger partial charge in [-0.25, -0.2) is 4.79 Å². The molecule has 0 aliphatic carbocycles. The molecule has 5 nitrogen and oxygen atoms in total. The molecule has 0 bridgehead atoms. The van der Waals surface area contributed by atoms with Crippen LogP contribution in [0.15, 0.2) is 42.7 Å². The number of ether oxygens (including phenoxy) is 1. The van der Waals surface area contributed by atoms with Gasteiger partial charge in [-0.2, -0.15) is 4.57 Å². The summed E-state index contributed by atoms with van der Waals surface area (Å²) >= 11 is 6.06. The molecule has 1 aromatic heterocycles. The van der Waals surface area contributed by atoms with Gasteiger partial charge in [0.05, 0.1) is 18.4 Å². The normalized spacial score (nSPS) is 15.9. The maximum atomic E-state index is 12.6. The Kier molecular flexibility index (Phi) is 5.06. The van der Waals surface area contributed by atoms with Crippen LogP contribution in [-0.2, 0) is 9.53 Å². The topological polar surface area (TPSA) is 50.5 Å². The average Bonchev–Trinajstić information content (AvgIpc) is 2.77. The van der Waals surface area contributed by atoms with Crippen LogP contribution in [0.2, 0.25) is 5.02 Å². The van der Waals surface area contributed by atoms with E-state index in [1.54, 1.807) is 53.2 Å². The lowest BCUT2D eigenvalue weighted by molar-refractivity contribution is -0.699. The van der Waals surface area contributed by atoms with Crippen molar-refractivity contribution in [3.63, 3.8) is 0 Å². The predicted octanol–water partition coefficient (Wildman–Crippen LogP) is -1.02. The van der Waals surface area contributed by atoms with Crippen molar-refractivity contribution < 1.29 is 35.9 Å². The number of anilines is 1. The third-order valence-electron chi connectivity index (χ3n) is 3.75. The summed E-state index contributed by atoms with van der Waals surface area (Å²) in [5.41, 5.74) is 2.01. The smallest absolute Gasteiger partial charge is 0.343 e. The molecule has 2 aromatic rings. The molecule has 7 heteroatoms. The number of fused-ring (bicyclic) bond motifs is 1. The van der Waals surface area contributed by atoms with Gasteiger partial charge in [0.2, 0.25) is 0 Å². The van der Waals surface area contributed by atoms with E-state index in [-0.39, 0.29) is 22.9 Å². The Labute approximate surface area is 149 Å². The zero-order valence-electron chi connectivity index (χ0n) is 12.5. The summed E-state index contributed by atoms with van der Waals surface area (Å²) in [6, 6.07) is 8.17. The van der Waals surface area contributed by atoms with Crippen LogP contribution in [0.5, 0.6) is 0 Å². The number of carbonyl (C=O) groups is 2. The van der Waals surface area contributed by atoms with E-state index in [0.717, 1.165) is 11.3 Å². The van der Waals surface area contributed by atoms with Crippen molar-refractivity contribution in [2.24, 2.45) is 0 Å². The summed E-state index contributed by atoms with van der Waals surface area (Å²) in [6.07, 6.45) is 3.36. The summed E-state index contributed by atoms with van der Waals surface area (Å²) in [5, 5.41) is 0.566. The standard InChI is InChI=1S/C16H14ClN2O3.BrH/c1-18-13-6-5-11(17)8-12(13)14(15(18)20)19-7-3-4-10(9-19)16(21)22-2;/h3-9,14H,1-2H3;1H/q+1;/p-1. The van der Waals surface area contributed by atoms with E-state index in [1.807, 2.05) is 6.07 Å². The minimum Gasteiger partial charge on any atom is -1.00 e. The fraction of sp³-hybridized carbons (Fsp3) is 0.188. The Morgan fingerprint density at radius 3 is 2.78 bits per heavy atom. The molecule has 1 unspecified atom stereocenters. The van der Waals surface area contributed by atoms with Crippen LogP contribution >= 0.6 is 11.6 Å². The zero-order valence-corrected chi connectivity index (χ0v) is 14.8. The molecule has 3 rings (SSSR count). The van der Waals surface area contributed by atoms with Crippen LogP contribution in [0, 0.1) is 0 Å². The largest absolute Gasteiger partial charge is 1.00 e. The summed E-state index contributed by atoms with van der Waals surface area (Å²) in [4.78, 5) is 25.8. The van der Waals surface area contributed by atoms with Crippen molar-refractivity contribution in [1.82, 2.24) is 0 Å². The lowest BCUT2D eigenvalue weighted by atomic mass is 10.1. The summed E-state index contributed by atoms with van der Waals surface area (Å²) in [7, 11) is 3.04. The van der Waals surface area contributed by atoms with E-state index in [2.05, 4.69) is 0 Å². The van der Waals surface area contributed by atoms with Gasteiger partial charge in [0.15, 0.2) is 12.4 Å². The van der Waals surface area contributed by atoms with Gasteiger partial charge in [0.1, 0.15) is 5.56 Å². The molecule has 1 aromatic carbocycles. The van der Waals surface area contributed by atoms with Gasteiger partial charge < -0.3 is 26.6 Å². The van der Waals surface area contributed by atoms with Gasteiger partial charge in [-0.15, -0.1) is 0 Å². The predicted molar refractivity (Wildman–Crippen MR) is 81.0 cm³/mol. The highest BCUT2D eigenvalue weighted by atomic mass is 79.9. The SMILES string of the molecule is COC(=O)c1ccc[n+](C2C(=O)N(C)c3ccc(Cl)cc32)c1.[Br-]. The van der Waals surface area contributed by atoms with Crippen LogP contribution in [0.3, 0.4) is 0 Å². The van der Waals surface area contributed by atoms with Crippen LogP contribution in [0.25, 0.3) is 0 Å². The molecule has 1 atom stereocenters. The highest BCUT2D eigenvalue weighted by Crippen LogP contribution is 2.36. The Balaban J connectivity index is 0.00000192. The second-order valence-electron chi connectivity index (χ2n) is 5.03. The molecule has 0 saturated carbocycles. The molecule has 120 valence electrons. The minimum atomic E-state index is -0.539. The number of nitrogens with zero attached hydrogens (tertiary/aromatic N) is 2. The molecule has 23 heavy (non-hydrogen) atoms. The van der Waals surface area contributed by atoms with Gasteiger partial charge in [-0.3, -0.25) is 4.79 Å². The highest BCUT2D eigenvalue weighted by molar-refractivity contribution is 6.31. The third kappa shape index (κ3) is 2.96. The molecule has 0 radical (unpaired) electrons. The van der Waals surface area contributed by atoms with Crippen molar-refractivity contribution >= 4 is 29.2 Å². The summed E-state index contributed by atoms with van der Waals surface area (Å²) in [5.74, 6) is -0.524. The molecule has 1 amide bonds. The monoisotopic (exact) mass is 396 g/mol. The molecule has 1 aliphatic heterocycles. The number of carbonyl (C=O) groups excluding carboxylic acids is 2.